The molecule has 0 N–H and O–H groups in total. The van der Waals surface area contributed by atoms with Gasteiger partial charge >= 0.3 is 0 Å². The second-order valence-electron chi connectivity index (χ2n) is 6.71. The van der Waals surface area contributed by atoms with Gasteiger partial charge in [0.15, 0.2) is 0 Å². The average Bonchev–Trinajstić information content (AvgIpc) is 3.12. The second kappa shape index (κ2) is 7.32. The zero-order valence-electron chi connectivity index (χ0n) is 15.3. The van der Waals surface area contributed by atoms with Crippen LogP contribution in [0.5, 0.6) is 0 Å². The van der Waals surface area contributed by atoms with Crippen molar-refractivity contribution in [1.82, 2.24) is 19.9 Å². The average molecular weight is 367 g/mol. The first-order valence-corrected chi connectivity index (χ1v) is 8.90. The quantitative estimate of drug-likeness (QED) is 0.696. The summed E-state index contributed by atoms with van der Waals surface area (Å²) in [7, 11) is 0. The Bertz CT molecular complexity index is 980. The zero-order chi connectivity index (χ0) is 18.8. The molecule has 1 saturated heterocycles. The monoisotopic (exact) mass is 367 g/mol. The fraction of sp³-hybridized carbons (Fsp3) is 0.368. The van der Waals surface area contributed by atoms with Gasteiger partial charge in [-0.05, 0) is 26.0 Å². The van der Waals surface area contributed by atoms with E-state index in [1.807, 2.05) is 26.0 Å². The van der Waals surface area contributed by atoms with Crippen LogP contribution in [0.25, 0.3) is 11.3 Å². The molecule has 0 amide bonds. The molecule has 27 heavy (non-hydrogen) atoms. The van der Waals surface area contributed by atoms with E-state index in [-0.39, 0.29) is 18.2 Å². The van der Waals surface area contributed by atoms with Crippen LogP contribution in [-0.2, 0) is 11.3 Å². The number of anilines is 1. The minimum Gasteiger partial charge on any atom is -0.375 e. The summed E-state index contributed by atoms with van der Waals surface area (Å²) >= 11 is 0. The molecule has 1 fully saturated rings. The van der Waals surface area contributed by atoms with E-state index in [9.17, 15) is 4.79 Å². The molecular weight excluding hydrogens is 346 g/mol. The van der Waals surface area contributed by atoms with Crippen molar-refractivity contribution in [1.29, 1.82) is 0 Å². The van der Waals surface area contributed by atoms with Crippen LogP contribution in [0.4, 0.5) is 5.69 Å². The van der Waals surface area contributed by atoms with Crippen molar-refractivity contribution in [2.75, 3.05) is 24.6 Å². The number of aryl methyl sites for hydroxylation is 1. The van der Waals surface area contributed by atoms with Crippen LogP contribution < -0.4 is 10.5 Å². The lowest BCUT2D eigenvalue weighted by atomic mass is 10.1. The van der Waals surface area contributed by atoms with Crippen LogP contribution in [0.15, 0.2) is 46.2 Å². The molecule has 0 spiro atoms. The van der Waals surface area contributed by atoms with E-state index in [1.54, 1.807) is 24.7 Å². The Balaban J connectivity index is 1.56. The van der Waals surface area contributed by atoms with Gasteiger partial charge in [0.2, 0.25) is 0 Å². The van der Waals surface area contributed by atoms with Crippen molar-refractivity contribution in [2.24, 2.45) is 0 Å². The van der Waals surface area contributed by atoms with Gasteiger partial charge in [-0.1, -0.05) is 5.16 Å². The number of morpholine rings is 1. The minimum absolute atomic E-state index is 0.142. The highest BCUT2D eigenvalue weighted by atomic mass is 16.5. The molecule has 1 atom stereocenters. The highest BCUT2D eigenvalue weighted by Gasteiger charge is 2.18. The van der Waals surface area contributed by atoms with Gasteiger partial charge in [0.25, 0.3) is 5.56 Å². The van der Waals surface area contributed by atoms with Gasteiger partial charge in [-0.3, -0.25) is 9.78 Å². The van der Waals surface area contributed by atoms with Crippen LogP contribution in [0.2, 0.25) is 0 Å². The zero-order valence-corrected chi connectivity index (χ0v) is 15.3. The highest BCUT2D eigenvalue weighted by molar-refractivity contribution is 5.61. The molecule has 140 valence electrons. The van der Waals surface area contributed by atoms with E-state index < -0.39 is 0 Å². The van der Waals surface area contributed by atoms with Gasteiger partial charge < -0.3 is 14.2 Å². The predicted molar refractivity (Wildman–Crippen MR) is 99.7 cm³/mol. The maximum absolute atomic E-state index is 12.6. The van der Waals surface area contributed by atoms with Crippen LogP contribution in [0.1, 0.15) is 18.2 Å². The van der Waals surface area contributed by atoms with Gasteiger partial charge in [0.1, 0.15) is 12.0 Å². The molecule has 3 aromatic rings. The fourth-order valence-corrected chi connectivity index (χ4v) is 3.15. The van der Waals surface area contributed by atoms with Crippen LogP contribution in [0.3, 0.4) is 0 Å². The van der Waals surface area contributed by atoms with Crippen molar-refractivity contribution in [3.8, 4) is 11.3 Å². The maximum Gasteiger partial charge on any atom is 0.269 e. The number of hydrogen-bond acceptors (Lipinski definition) is 7. The number of rotatable bonds is 4. The number of hydrogen-bond donors (Lipinski definition) is 0. The first kappa shape index (κ1) is 17.4. The first-order chi connectivity index (χ1) is 13.1. The third kappa shape index (κ3) is 3.75. The minimum atomic E-state index is -0.166. The lowest BCUT2D eigenvalue weighted by Gasteiger charge is -2.32. The maximum atomic E-state index is 12.6. The van der Waals surface area contributed by atoms with Crippen molar-refractivity contribution in [2.45, 2.75) is 26.5 Å². The molecule has 0 aliphatic carbocycles. The van der Waals surface area contributed by atoms with Gasteiger partial charge in [-0.25, -0.2) is 4.68 Å². The van der Waals surface area contributed by atoms with Crippen molar-refractivity contribution in [3.05, 3.63) is 58.5 Å². The molecule has 4 rings (SSSR count). The number of pyridine rings is 1. The molecule has 0 radical (unpaired) electrons. The summed E-state index contributed by atoms with van der Waals surface area (Å²) in [6.07, 6.45) is 5.15. The normalized spacial score (nSPS) is 17.3. The van der Waals surface area contributed by atoms with Crippen LogP contribution in [-0.4, -0.2) is 45.7 Å². The molecule has 0 aromatic carbocycles. The number of ether oxygens (including phenoxy) is 1. The standard InChI is InChI=1S/C19H21N5O3/c1-13-3-4-15(8-20-13)19-16(12-27-22-19)11-24-18(25)7-17(9-21-24)23-5-6-26-14(2)10-23/h3-4,7-9,12,14H,5-6,10-11H2,1-2H3/t14-/m1/s1. The Kier molecular flexibility index (Phi) is 4.72. The number of nitrogens with zero attached hydrogens (tertiary/aromatic N) is 5. The SMILES string of the molecule is Cc1ccc(-c2nocc2Cn2ncc(N3CCO[C@H](C)C3)cc2=O)cn1. The summed E-state index contributed by atoms with van der Waals surface area (Å²) in [5, 5.41) is 8.40. The Hall–Kier alpha value is -3.00. The lowest BCUT2D eigenvalue weighted by Crippen LogP contribution is -2.41. The van der Waals surface area contributed by atoms with Gasteiger partial charge in [0, 0.05) is 42.2 Å². The lowest BCUT2D eigenvalue weighted by molar-refractivity contribution is 0.0532. The predicted octanol–water partition coefficient (Wildman–Crippen LogP) is 1.88. The van der Waals surface area contributed by atoms with Crippen molar-refractivity contribution < 1.29 is 9.26 Å². The highest BCUT2D eigenvalue weighted by Crippen LogP contribution is 2.22. The summed E-state index contributed by atoms with van der Waals surface area (Å²) in [5.74, 6) is 0. The van der Waals surface area contributed by atoms with Gasteiger partial charge in [-0.2, -0.15) is 5.10 Å². The molecule has 8 nitrogen and oxygen atoms in total. The molecule has 0 unspecified atom stereocenters. The molecule has 4 heterocycles. The molecule has 3 aromatic heterocycles. The van der Waals surface area contributed by atoms with Gasteiger partial charge in [-0.15, -0.1) is 0 Å². The molecule has 0 bridgehead atoms. The van der Waals surface area contributed by atoms with E-state index in [4.69, 9.17) is 9.26 Å². The summed E-state index contributed by atoms with van der Waals surface area (Å²) in [4.78, 5) is 19.0. The molecule has 8 heteroatoms. The summed E-state index contributed by atoms with van der Waals surface area (Å²) < 4.78 is 12.1. The topological polar surface area (TPSA) is 86.3 Å². The molecule has 0 saturated carbocycles. The molecule has 1 aliphatic heterocycles. The summed E-state index contributed by atoms with van der Waals surface area (Å²) in [6, 6.07) is 5.46. The molecular formula is C19H21N5O3. The van der Waals surface area contributed by atoms with E-state index in [2.05, 4.69) is 20.1 Å². The van der Waals surface area contributed by atoms with E-state index in [0.717, 1.165) is 35.6 Å². The fourth-order valence-electron chi connectivity index (χ4n) is 3.15. The Labute approximate surface area is 156 Å². The van der Waals surface area contributed by atoms with Crippen molar-refractivity contribution in [3.63, 3.8) is 0 Å². The molecule has 1 aliphatic rings. The van der Waals surface area contributed by atoms with E-state index in [0.29, 0.717) is 12.3 Å². The smallest absolute Gasteiger partial charge is 0.269 e. The van der Waals surface area contributed by atoms with E-state index >= 15 is 0 Å². The number of aromatic nitrogens is 4. The van der Waals surface area contributed by atoms with Crippen LogP contribution in [0, 0.1) is 6.92 Å². The Morgan fingerprint density at radius 2 is 2.19 bits per heavy atom. The largest absolute Gasteiger partial charge is 0.375 e. The third-order valence-electron chi connectivity index (χ3n) is 4.61. The Morgan fingerprint density at radius 3 is 2.93 bits per heavy atom. The second-order valence-corrected chi connectivity index (χ2v) is 6.71. The van der Waals surface area contributed by atoms with Crippen LogP contribution >= 0.6 is 0 Å². The first-order valence-electron chi connectivity index (χ1n) is 8.90. The summed E-state index contributed by atoms with van der Waals surface area (Å²) in [5.41, 5.74) is 3.87. The summed E-state index contributed by atoms with van der Waals surface area (Å²) in [6.45, 7) is 6.39. The van der Waals surface area contributed by atoms with Gasteiger partial charge in [0.05, 0.1) is 31.1 Å². The van der Waals surface area contributed by atoms with Crippen molar-refractivity contribution >= 4 is 5.69 Å². The Morgan fingerprint density at radius 1 is 1.30 bits per heavy atom. The third-order valence-corrected chi connectivity index (χ3v) is 4.61. The van der Waals surface area contributed by atoms with E-state index in [1.165, 1.54) is 4.68 Å².